The van der Waals surface area contributed by atoms with Crippen molar-refractivity contribution in [2.24, 2.45) is 0 Å². The molecule has 0 saturated carbocycles. The molecule has 4 nitrogen and oxygen atoms in total. The van der Waals surface area contributed by atoms with Crippen LogP contribution in [0.5, 0.6) is 0 Å². The highest BCUT2D eigenvalue weighted by Crippen LogP contribution is 2.30. The van der Waals surface area contributed by atoms with E-state index >= 15 is 0 Å². The van der Waals surface area contributed by atoms with E-state index in [0.29, 0.717) is 17.0 Å². The van der Waals surface area contributed by atoms with E-state index in [1.54, 1.807) is 13.8 Å². The van der Waals surface area contributed by atoms with Crippen molar-refractivity contribution in [2.45, 2.75) is 26.4 Å². The average Bonchev–Trinajstić information content (AvgIpc) is 2.65. The molecule has 0 spiro atoms. The highest BCUT2D eigenvalue weighted by atomic mass is 19.4. The Morgan fingerprint density at radius 3 is 2.57 bits per heavy atom. The van der Waals surface area contributed by atoms with Gasteiger partial charge >= 0.3 is 12.1 Å². The predicted octanol–water partition coefficient (Wildman–Crippen LogP) is 3.14. The van der Waals surface area contributed by atoms with Gasteiger partial charge in [0, 0.05) is 11.3 Å². The maximum atomic E-state index is 12.7. The molecule has 0 aliphatic heterocycles. The van der Waals surface area contributed by atoms with Crippen LogP contribution in [0.4, 0.5) is 13.2 Å². The molecule has 0 unspecified atom stereocenters. The van der Waals surface area contributed by atoms with Gasteiger partial charge in [-0.25, -0.2) is 4.68 Å². The van der Waals surface area contributed by atoms with Crippen LogP contribution in [-0.2, 0) is 17.4 Å². The highest BCUT2D eigenvalue weighted by molar-refractivity contribution is 5.71. The molecular weight excluding hydrogens is 285 g/mol. The lowest BCUT2D eigenvalue weighted by Gasteiger charge is -2.10. The smallest absolute Gasteiger partial charge is 0.416 e. The fourth-order valence-electron chi connectivity index (χ4n) is 2.15. The number of hydrogen-bond acceptors (Lipinski definition) is 2. The first-order chi connectivity index (χ1) is 9.70. The zero-order valence-corrected chi connectivity index (χ0v) is 11.4. The van der Waals surface area contributed by atoms with E-state index < -0.39 is 17.7 Å². The van der Waals surface area contributed by atoms with Crippen LogP contribution < -0.4 is 0 Å². The third kappa shape index (κ3) is 3.07. The molecule has 1 heterocycles. The minimum Gasteiger partial charge on any atom is -0.481 e. The lowest BCUT2D eigenvalue weighted by molar-refractivity contribution is -0.138. The van der Waals surface area contributed by atoms with Gasteiger partial charge in [-0.2, -0.15) is 18.3 Å². The molecule has 1 aromatic carbocycles. The summed E-state index contributed by atoms with van der Waals surface area (Å²) in [6, 6.07) is 4.77. The van der Waals surface area contributed by atoms with Gasteiger partial charge < -0.3 is 5.11 Å². The number of aromatic nitrogens is 2. The molecule has 0 aliphatic carbocycles. The molecule has 1 N–H and O–H groups in total. The van der Waals surface area contributed by atoms with Crippen molar-refractivity contribution in [3.8, 4) is 5.69 Å². The van der Waals surface area contributed by atoms with Crippen molar-refractivity contribution in [3.63, 3.8) is 0 Å². The van der Waals surface area contributed by atoms with E-state index in [4.69, 9.17) is 5.11 Å². The molecule has 0 amide bonds. The van der Waals surface area contributed by atoms with Gasteiger partial charge in [0.1, 0.15) is 0 Å². The summed E-state index contributed by atoms with van der Waals surface area (Å²) < 4.78 is 39.5. The van der Waals surface area contributed by atoms with Crippen molar-refractivity contribution < 1.29 is 23.1 Å². The number of nitrogens with zero attached hydrogens (tertiary/aromatic N) is 2. The van der Waals surface area contributed by atoms with Crippen LogP contribution in [0, 0.1) is 13.8 Å². The maximum absolute atomic E-state index is 12.7. The molecule has 0 saturated heterocycles. The Labute approximate surface area is 118 Å². The van der Waals surface area contributed by atoms with Crippen LogP contribution >= 0.6 is 0 Å². The first-order valence-corrected chi connectivity index (χ1v) is 6.14. The molecule has 0 bridgehead atoms. The summed E-state index contributed by atoms with van der Waals surface area (Å²) in [5.74, 6) is -1.01. The summed E-state index contributed by atoms with van der Waals surface area (Å²) in [7, 11) is 0. The number of alkyl halides is 3. The average molecular weight is 298 g/mol. The number of benzene rings is 1. The van der Waals surface area contributed by atoms with Gasteiger partial charge in [0.2, 0.25) is 0 Å². The molecule has 2 rings (SSSR count). The third-order valence-electron chi connectivity index (χ3n) is 3.19. The molecule has 21 heavy (non-hydrogen) atoms. The monoisotopic (exact) mass is 298 g/mol. The Morgan fingerprint density at radius 2 is 2.00 bits per heavy atom. The molecule has 0 atom stereocenters. The number of aliphatic carboxylic acids is 1. The Balaban J connectivity index is 2.51. The Morgan fingerprint density at radius 1 is 1.33 bits per heavy atom. The Hall–Kier alpha value is -2.31. The van der Waals surface area contributed by atoms with Gasteiger partial charge in [-0.15, -0.1) is 0 Å². The predicted molar refractivity (Wildman–Crippen MR) is 69.4 cm³/mol. The highest BCUT2D eigenvalue weighted by Gasteiger charge is 2.30. The topological polar surface area (TPSA) is 55.1 Å². The van der Waals surface area contributed by atoms with Gasteiger partial charge in [-0.05, 0) is 32.0 Å². The van der Waals surface area contributed by atoms with Crippen molar-refractivity contribution in [2.75, 3.05) is 0 Å². The Kier molecular flexibility index (Phi) is 3.76. The third-order valence-corrected chi connectivity index (χ3v) is 3.19. The van der Waals surface area contributed by atoms with Gasteiger partial charge in [0.25, 0.3) is 0 Å². The number of carboxylic acids is 1. The van der Waals surface area contributed by atoms with Gasteiger partial charge in [-0.3, -0.25) is 4.79 Å². The second kappa shape index (κ2) is 5.23. The van der Waals surface area contributed by atoms with Crippen LogP contribution in [-0.4, -0.2) is 20.9 Å². The quantitative estimate of drug-likeness (QED) is 0.947. The van der Waals surface area contributed by atoms with E-state index in [2.05, 4.69) is 5.10 Å². The molecule has 2 aromatic rings. The van der Waals surface area contributed by atoms with Crippen molar-refractivity contribution in [1.82, 2.24) is 9.78 Å². The summed E-state index contributed by atoms with van der Waals surface area (Å²) >= 11 is 0. The molecule has 112 valence electrons. The summed E-state index contributed by atoms with van der Waals surface area (Å²) in [6.07, 6.45) is -4.65. The molecular formula is C14H13F3N2O2. The van der Waals surface area contributed by atoms with Crippen LogP contribution in [0.15, 0.2) is 24.3 Å². The van der Waals surface area contributed by atoms with E-state index in [1.165, 1.54) is 16.8 Å². The van der Waals surface area contributed by atoms with Crippen LogP contribution in [0.1, 0.15) is 22.5 Å². The first-order valence-electron chi connectivity index (χ1n) is 6.14. The lowest BCUT2D eigenvalue weighted by Crippen LogP contribution is -2.07. The summed E-state index contributed by atoms with van der Waals surface area (Å²) in [5.41, 5.74) is 1.01. The molecule has 0 radical (unpaired) electrons. The number of aryl methyl sites for hydroxylation is 1. The second-order valence-electron chi connectivity index (χ2n) is 4.68. The minimum absolute atomic E-state index is 0.212. The zero-order valence-electron chi connectivity index (χ0n) is 11.4. The number of rotatable bonds is 3. The van der Waals surface area contributed by atoms with E-state index in [1.807, 2.05) is 0 Å². The number of carboxylic acid groups (broad SMARTS) is 1. The van der Waals surface area contributed by atoms with E-state index in [9.17, 15) is 18.0 Å². The summed E-state index contributed by atoms with van der Waals surface area (Å²) in [6.45, 7) is 3.27. The maximum Gasteiger partial charge on any atom is 0.416 e. The summed E-state index contributed by atoms with van der Waals surface area (Å²) in [4.78, 5) is 10.8. The van der Waals surface area contributed by atoms with Crippen molar-refractivity contribution in [3.05, 3.63) is 46.8 Å². The fraction of sp³-hybridized carbons (Fsp3) is 0.286. The van der Waals surface area contributed by atoms with Crippen molar-refractivity contribution in [1.29, 1.82) is 0 Å². The zero-order chi connectivity index (χ0) is 15.8. The molecule has 0 fully saturated rings. The molecule has 7 heteroatoms. The second-order valence-corrected chi connectivity index (χ2v) is 4.68. The fourth-order valence-corrected chi connectivity index (χ4v) is 2.15. The van der Waals surface area contributed by atoms with Gasteiger partial charge in [-0.1, -0.05) is 6.07 Å². The normalized spacial score (nSPS) is 11.7. The first kappa shape index (κ1) is 15.1. The number of hydrogen-bond donors (Lipinski definition) is 1. The Bertz CT molecular complexity index is 690. The number of halogens is 3. The summed E-state index contributed by atoms with van der Waals surface area (Å²) in [5, 5.41) is 13.0. The minimum atomic E-state index is -4.43. The number of carbonyl (C=O) groups is 1. The van der Waals surface area contributed by atoms with Crippen LogP contribution in [0.3, 0.4) is 0 Å². The molecule has 0 aliphatic rings. The van der Waals surface area contributed by atoms with E-state index in [0.717, 1.165) is 12.1 Å². The lowest BCUT2D eigenvalue weighted by atomic mass is 10.1. The van der Waals surface area contributed by atoms with E-state index in [-0.39, 0.29) is 12.1 Å². The van der Waals surface area contributed by atoms with Gasteiger partial charge in [0.15, 0.2) is 0 Å². The standard InChI is InChI=1S/C14H13F3N2O2/c1-8-12(7-13(20)21)9(2)19(18-8)11-5-3-4-10(6-11)14(15,16)17/h3-6H,7H2,1-2H3,(H,20,21). The van der Waals surface area contributed by atoms with Gasteiger partial charge in [0.05, 0.1) is 23.4 Å². The van der Waals surface area contributed by atoms with Crippen LogP contribution in [0.25, 0.3) is 5.69 Å². The largest absolute Gasteiger partial charge is 0.481 e. The van der Waals surface area contributed by atoms with Crippen LogP contribution in [0.2, 0.25) is 0 Å². The SMILES string of the molecule is Cc1nn(-c2cccc(C(F)(F)F)c2)c(C)c1CC(=O)O. The molecule has 1 aromatic heterocycles. The van der Waals surface area contributed by atoms with Crippen molar-refractivity contribution >= 4 is 5.97 Å².